The predicted molar refractivity (Wildman–Crippen MR) is 128 cm³/mol. The molecule has 31 heavy (non-hydrogen) atoms. The normalized spacial score (nSPS) is 15.7. The van der Waals surface area contributed by atoms with E-state index in [4.69, 9.17) is 19.6 Å². The van der Waals surface area contributed by atoms with Gasteiger partial charge in [-0.25, -0.2) is 9.99 Å². The minimum Gasteiger partial charge on any atom is -0.497 e. The maximum Gasteiger partial charge on any atom is 0.207 e. The third-order valence-electron chi connectivity index (χ3n) is 5.27. The lowest BCUT2D eigenvalue weighted by atomic mass is 10.0. The number of hydrogen-bond acceptors (Lipinski definition) is 7. The Labute approximate surface area is 189 Å². The first-order chi connectivity index (χ1) is 15.3. The highest BCUT2D eigenvalue weighted by atomic mass is 32.1. The first kappa shape index (κ1) is 19.8. The molecule has 156 valence electrons. The molecule has 1 unspecified atom stereocenters. The van der Waals surface area contributed by atoms with Gasteiger partial charge in [0, 0.05) is 17.4 Å². The van der Waals surface area contributed by atoms with E-state index in [9.17, 15) is 0 Å². The summed E-state index contributed by atoms with van der Waals surface area (Å²) in [5, 5.41) is 12.1. The monoisotopic (exact) mass is 447 g/mol. The first-order valence-electron chi connectivity index (χ1n) is 9.90. The summed E-state index contributed by atoms with van der Waals surface area (Å²) in [6, 6.07) is 20.6. The Hall–Kier alpha value is -3.16. The molecule has 2 aromatic carbocycles. The second kappa shape index (κ2) is 8.53. The molecule has 4 aromatic rings. The fraction of sp³-hybridized carbons (Fsp3) is 0.167. The fourth-order valence-corrected chi connectivity index (χ4v) is 5.27. The van der Waals surface area contributed by atoms with Crippen molar-refractivity contribution in [3.63, 3.8) is 0 Å². The van der Waals surface area contributed by atoms with Gasteiger partial charge in [-0.05, 0) is 35.2 Å². The van der Waals surface area contributed by atoms with Crippen LogP contribution in [0.1, 0.15) is 22.9 Å². The molecular weight excluding hydrogens is 426 g/mol. The van der Waals surface area contributed by atoms with Gasteiger partial charge < -0.3 is 9.47 Å². The topological polar surface area (TPSA) is 47.0 Å². The number of hydrogen-bond donors (Lipinski definition) is 0. The molecule has 0 spiro atoms. The summed E-state index contributed by atoms with van der Waals surface area (Å²) in [6.45, 7) is 0. The van der Waals surface area contributed by atoms with Gasteiger partial charge in [0.1, 0.15) is 11.5 Å². The summed E-state index contributed by atoms with van der Waals surface area (Å²) in [7, 11) is 3.33. The van der Waals surface area contributed by atoms with E-state index < -0.39 is 0 Å². The Kier molecular flexibility index (Phi) is 5.44. The highest BCUT2D eigenvalue weighted by Gasteiger charge is 2.32. The van der Waals surface area contributed by atoms with E-state index in [1.165, 1.54) is 10.4 Å². The molecule has 2 aromatic heterocycles. The van der Waals surface area contributed by atoms with E-state index in [1.54, 1.807) is 36.9 Å². The van der Waals surface area contributed by atoms with Crippen LogP contribution >= 0.6 is 22.7 Å². The van der Waals surface area contributed by atoms with Crippen LogP contribution < -0.4 is 14.5 Å². The van der Waals surface area contributed by atoms with Gasteiger partial charge in [-0.3, -0.25) is 0 Å². The van der Waals surface area contributed by atoms with Crippen molar-refractivity contribution in [3.05, 3.63) is 81.9 Å². The summed E-state index contributed by atoms with van der Waals surface area (Å²) in [5.74, 6) is 1.54. The summed E-state index contributed by atoms with van der Waals surface area (Å²) in [6.07, 6.45) is 0.849. The van der Waals surface area contributed by atoms with Crippen molar-refractivity contribution in [2.75, 3.05) is 19.2 Å². The molecule has 0 saturated carbocycles. The molecule has 0 N–H and O–H groups in total. The number of hydrazone groups is 1. The van der Waals surface area contributed by atoms with Gasteiger partial charge in [-0.1, -0.05) is 36.4 Å². The highest BCUT2D eigenvalue weighted by molar-refractivity contribution is 7.14. The number of nitrogens with zero attached hydrogens (tertiary/aromatic N) is 3. The largest absolute Gasteiger partial charge is 0.497 e. The number of ether oxygens (including phenoxy) is 2. The van der Waals surface area contributed by atoms with Crippen molar-refractivity contribution in [3.8, 4) is 22.8 Å². The van der Waals surface area contributed by atoms with Crippen LogP contribution in [0.4, 0.5) is 5.13 Å². The number of benzene rings is 2. The number of anilines is 1. The van der Waals surface area contributed by atoms with Gasteiger partial charge in [-0.15, -0.1) is 22.7 Å². The van der Waals surface area contributed by atoms with Crippen LogP contribution in [0.25, 0.3) is 11.3 Å². The quantitative estimate of drug-likeness (QED) is 0.351. The number of thiazole rings is 1. The van der Waals surface area contributed by atoms with Crippen LogP contribution in [0.5, 0.6) is 11.5 Å². The molecule has 5 rings (SSSR count). The SMILES string of the molecule is COc1ccc(OC)c(-c2csc(N3N=C(c4cccs4)CC3c3ccccc3)n2)c1. The number of rotatable bonds is 6. The predicted octanol–water partition coefficient (Wildman–Crippen LogP) is 6.24. The zero-order valence-electron chi connectivity index (χ0n) is 17.2. The Balaban J connectivity index is 1.54. The van der Waals surface area contributed by atoms with Gasteiger partial charge in [0.25, 0.3) is 0 Å². The lowest BCUT2D eigenvalue weighted by molar-refractivity contribution is 0.404. The van der Waals surface area contributed by atoms with Crippen molar-refractivity contribution in [2.45, 2.75) is 12.5 Å². The van der Waals surface area contributed by atoms with Crippen molar-refractivity contribution in [1.29, 1.82) is 0 Å². The molecule has 1 atom stereocenters. The summed E-state index contributed by atoms with van der Waals surface area (Å²) >= 11 is 3.31. The van der Waals surface area contributed by atoms with Gasteiger partial charge in [0.2, 0.25) is 5.13 Å². The Morgan fingerprint density at radius 3 is 2.58 bits per heavy atom. The lowest BCUT2D eigenvalue weighted by Crippen LogP contribution is -2.18. The van der Waals surface area contributed by atoms with E-state index in [2.05, 4.69) is 46.8 Å². The molecule has 0 saturated heterocycles. The molecule has 3 heterocycles. The van der Waals surface area contributed by atoms with Crippen LogP contribution in [0.3, 0.4) is 0 Å². The molecule has 0 aliphatic carbocycles. The molecule has 1 aliphatic heterocycles. The number of aromatic nitrogens is 1. The third-order valence-corrected chi connectivity index (χ3v) is 7.02. The average molecular weight is 448 g/mol. The van der Waals surface area contributed by atoms with Crippen molar-refractivity contribution >= 4 is 33.5 Å². The molecule has 0 amide bonds. The van der Waals surface area contributed by atoms with Gasteiger partial charge >= 0.3 is 0 Å². The van der Waals surface area contributed by atoms with Crippen molar-refractivity contribution < 1.29 is 9.47 Å². The zero-order chi connectivity index (χ0) is 21.2. The van der Waals surface area contributed by atoms with Crippen LogP contribution in [-0.2, 0) is 0 Å². The van der Waals surface area contributed by atoms with Crippen LogP contribution in [-0.4, -0.2) is 24.9 Å². The van der Waals surface area contributed by atoms with Crippen LogP contribution in [0, 0.1) is 0 Å². The second-order valence-electron chi connectivity index (χ2n) is 7.08. The Morgan fingerprint density at radius 2 is 1.84 bits per heavy atom. The average Bonchev–Trinajstić information content (AvgIpc) is 3.59. The molecular formula is C24H21N3O2S2. The molecule has 0 fully saturated rings. The van der Waals surface area contributed by atoms with Crippen molar-refractivity contribution in [1.82, 2.24) is 4.98 Å². The second-order valence-corrected chi connectivity index (χ2v) is 8.86. The minimum atomic E-state index is 0.115. The Bertz CT molecular complexity index is 1200. The van der Waals surface area contributed by atoms with E-state index in [0.29, 0.717) is 0 Å². The summed E-state index contributed by atoms with van der Waals surface area (Å²) < 4.78 is 11.0. The standard InChI is InChI=1S/C24H21N3O2S2/c1-28-17-10-11-22(29-2)18(13-17)20-15-31-24(25-20)27-21(16-7-4-3-5-8-16)14-19(26-27)23-9-6-12-30-23/h3-13,15,21H,14H2,1-2H3. The third kappa shape index (κ3) is 3.82. The molecule has 5 nitrogen and oxygen atoms in total. The molecule has 0 radical (unpaired) electrons. The van der Waals surface area contributed by atoms with Crippen LogP contribution in [0.15, 0.2) is 76.5 Å². The van der Waals surface area contributed by atoms with Crippen LogP contribution in [0.2, 0.25) is 0 Å². The summed E-state index contributed by atoms with van der Waals surface area (Å²) in [5.41, 5.74) is 4.08. The highest BCUT2D eigenvalue weighted by Crippen LogP contribution is 2.41. The molecule has 0 bridgehead atoms. The van der Waals surface area contributed by atoms with Gasteiger partial charge in [-0.2, -0.15) is 5.10 Å². The van der Waals surface area contributed by atoms with Gasteiger partial charge in [0.05, 0.1) is 36.5 Å². The van der Waals surface area contributed by atoms with E-state index in [-0.39, 0.29) is 6.04 Å². The smallest absolute Gasteiger partial charge is 0.207 e. The first-order valence-corrected chi connectivity index (χ1v) is 11.7. The molecule has 7 heteroatoms. The lowest BCUT2D eigenvalue weighted by Gasteiger charge is -2.21. The van der Waals surface area contributed by atoms with E-state index in [1.807, 2.05) is 29.6 Å². The van der Waals surface area contributed by atoms with Gasteiger partial charge in [0.15, 0.2) is 0 Å². The maximum absolute atomic E-state index is 5.56. The van der Waals surface area contributed by atoms with E-state index in [0.717, 1.165) is 40.0 Å². The zero-order valence-corrected chi connectivity index (χ0v) is 18.8. The summed E-state index contributed by atoms with van der Waals surface area (Å²) in [4.78, 5) is 6.15. The minimum absolute atomic E-state index is 0.115. The van der Waals surface area contributed by atoms with E-state index >= 15 is 0 Å². The Morgan fingerprint density at radius 1 is 0.968 bits per heavy atom. The maximum atomic E-state index is 5.56. The molecule has 1 aliphatic rings. The number of thiophene rings is 1. The fourth-order valence-electron chi connectivity index (χ4n) is 3.72. The van der Waals surface area contributed by atoms with Crippen molar-refractivity contribution in [2.24, 2.45) is 5.10 Å². The number of methoxy groups -OCH3 is 2.